The van der Waals surface area contributed by atoms with Crippen molar-refractivity contribution < 1.29 is 19.4 Å². The van der Waals surface area contributed by atoms with E-state index in [1.54, 1.807) is 23.1 Å². The van der Waals surface area contributed by atoms with Gasteiger partial charge in [-0.2, -0.15) is 4.98 Å². The van der Waals surface area contributed by atoms with Crippen LogP contribution in [0.1, 0.15) is 46.9 Å². The van der Waals surface area contributed by atoms with E-state index in [0.29, 0.717) is 53.5 Å². The highest BCUT2D eigenvalue weighted by molar-refractivity contribution is 6.30. The number of methoxy groups -OCH3 is 2. The first-order valence-corrected chi connectivity index (χ1v) is 12.4. The van der Waals surface area contributed by atoms with Crippen LogP contribution in [0.2, 0.25) is 5.02 Å². The van der Waals surface area contributed by atoms with Gasteiger partial charge in [0.2, 0.25) is 5.88 Å². The molecule has 188 valence electrons. The van der Waals surface area contributed by atoms with Gasteiger partial charge < -0.3 is 19.5 Å². The summed E-state index contributed by atoms with van der Waals surface area (Å²) in [6.07, 6.45) is 3.30. The summed E-state index contributed by atoms with van der Waals surface area (Å²) >= 11 is 6.01. The number of aromatic hydroxyl groups is 1. The van der Waals surface area contributed by atoms with E-state index in [2.05, 4.69) is 4.98 Å². The smallest absolute Gasteiger partial charge is 0.275 e. The van der Waals surface area contributed by atoms with Crippen molar-refractivity contribution in [1.82, 2.24) is 14.5 Å². The van der Waals surface area contributed by atoms with Crippen LogP contribution in [-0.4, -0.2) is 52.8 Å². The number of para-hydroxylation sites is 1. The van der Waals surface area contributed by atoms with Gasteiger partial charge in [0.05, 0.1) is 14.2 Å². The second-order valence-corrected chi connectivity index (χ2v) is 9.75. The molecule has 2 aromatic carbocycles. The molecule has 2 heterocycles. The molecule has 1 aromatic heterocycles. The number of aromatic nitrogens is 2. The van der Waals surface area contributed by atoms with Gasteiger partial charge in [0.1, 0.15) is 23.0 Å². The molecule has 1 aliphatic carbocycles. The van der Waals surface area contributed by atoms with E-state index in [1.165, 1.54) is 18.8 Å². The molecule has 1 aliphatic heterocycles. The number of carbonyl (C=O) groups excluding carboxylic acids is 1. The number of hydrogen-bond donors (Lipinski definition) is 1. The highest BCUT2D eigenvalue weighted by atomic mass is 35.5. The van der Waals surface area contributed by atoms with Crippen LogP contribution in [0.25, 0.3) is 5.69 Å². The van der Waals surface area contributed by atoms with Crippen LogP contribution in [0.4, 0.5) is 0 Å². The second kappa shape index (κ2) is 9.85. The predicted molar refractivity (Wildman–Crippen MR) is 136 cm³/mol. The Hall–Kier alpha value is -3.52. The van der Waals surface area contributed by atoms with Crippen molar-refractivity contribution in [3.05, 3.63) is 74.8 Å². The van der Waals surface area contributed by atoms with Crippen molar-refractivity contribution >= 4 is 17.5 Å². The fourth-order valence-corrected chi connectivity index (χ4v) is 4.98. The number of halogens is 1. The third-order valence-electron chi connectivity index (χ3n) is 6.96. The molecule has 3 aromatic rings. The van der Waals surface area contributed by atoms with Gasteiger partial charge in [0.25, 0.3) is 11.5 Å². The zero-order valence-corrected chi connectivity index (χ0v) is 21.0. The molecule has 1 atom stereocenters. The Kier molecular flexibility index (Phi) is 6.62. The Labute approximate surface area is 214 Å². The summed E-state index contributed by atoms with van der Waals surface area (Å²) < 4.78 is 12.5. The van der Waals surface area contributed by atoms with E-state index in [0.717, 1.165) is 24.8 Å². The minimum atomic E-state index is -0.638. The second-order valence-electron chi connectivity index (χ2n) is 9.31. The lowest BCUT2D eigenvalue weighted by molar-refractivity contribution is 0.0784. The van der Waals surface area contributed by atoms with E-state index >= 15 is 0 Å². The van der Waals surface area contributed by atoms with Crippen molar-refractivity contribution in [1.29, 1.82) is 0 Å². The number of amides is 1. The summed E-state index contributed by atoms with van der Waals surface area (Å²) in [5.74, 6) is 0.602. The van der Waals surface area contributed by atoms with Crippen LogP contribution < -0.4 is 15.0 Å². The van der Waals surface area contributed by atoms with Gasteiger partial charge >= 0.3 is 0 Å². The Bertz CT molecular complexity index is 1330. The van der Waals surface area contributed by atoms with Crippen LogP contribution in [0.15, 0.2) is 47.3 Å². The third kappa shape index (κ3) is 4.53. The highest BCUT2D eigenvalue weighted by Crippen LogP contribution is 2.37. The molecular weight excluding hydrogens is 482 g/mol. The van der Waals surface area contributed by atoms with Crippen molar-refractivity contribution in [2.24, 2.45) is 5.92 Å². The maximum absolute atomic E-state index is 13.9. The van der Waals surface area contributed by atoms with Gasteiger partial charge in [0.15, 0.2) is 5.56 Å². The van der Waals surface area contributed by atoms with Gasteiger partial charge in [-0.05, 0) is 55.0 Å². The molecule has 0 spiro atoms. The van der Waals surface area contributed by atoms with Crippen LogP contribution in [-0.2, 0) is 6.42 Å². The SMILES string of the molecule is COc1cccc(OC)c1-n1c(CC2CC2)nc(O)c(C(=O)N2CCC(c3ccc(Cl)cc3)C2)c1=O. The van der Waals surface area contributed by atoms with Gasteiger partial charge in [-0.1, -0.05) is 29.8 Å². The molecule has 36 heavy (non-hydrogen) atoms. The first-order chi connectivity index (χ1) is 17.4. The largest absolute Gasteiger partial charge is 0.494 e. The Balaban J connectivity index is 1.56. The van der Waals surface area contributed by atoms with E-state index < -0.39 is 17.3 Å². The summed E-state index contributed by atoms with van der Waals surface area (Å²) in [4.78, 5) is 33.5. The number of nitrogens with zero attached hydrogens (tertiary/aromatic N) is 3. The van der Waals surface area contributed by atoms with E-state index in [1.807, 2.05) is 24.3 Å². The molecule has 0 radical (unpaired) electrons. The summed E-state index contributed by atoms with van der Waals surface area (Å²) in [5.41, 5.74) is 0.457. The summed E-state index contributed by atoms with van der Waals surface area (Å²) in [5, 5.41) is 11.5. The fourth-order valence-electron chi connectivity index (χ4n) is 4.85. The fraction of sp³-hybridized carbons (Fsp3) is 0.370. The van der Waals surface area contributed by atoms with Gasteiger partial charge in [-0.3, -0.25) is 14.2 Å². The Morgan fingerprint density at radius 3 is 2.36 bits per heavy atom. The van der Waals surface area contributed by atoms with Gasteiger partial charge in [-0.15, -0.1) is 0 Å². The Morgan fingerprint density at radius 1 is 1.08 bits per heavy atom. The average Bonchev–Trinajstić information content (AvgIpc) is 3.55. The standard InChI is InChI=1S/C27H28ClN3O5/c1-35-20-4-3-5-21(36-2)24(20)31-22(14-16-6-7-16)29-25(32)23(27(31)34)26(33)30-13-12-18(15-30)17-8-10-19(28)11-9-17/h3-5,8-11,16,18,32H,6-7,12-15H2,1-2H3. The number of carbonyl (C=O) groups is 1. The first-order valence-electron chi connectivity index (χ1n) is 12.0. The van der Waals surface area contributed by atoms with E-state index in [-0.39, 0.29) is 11.5 Å². The molecule has 0 bridgehead atoms. The maximum Gasteiger partial charge on any atom is 0.275 e. The van der Waals surface area contributed by atoms with Crippen LogP contribution >= 0.6 is 11.6 Å². The molecule has 2 fully saturated rings. The van der Waals surface area contributed by atoms with E-state index in [4.69, 9.17) is 21.1 Å². The molecule has 5 rings (SSSR count). The lowest BCUT2D eigenvalue weighted by Crippen LogP contribution is -2.37. The summed E-state index contributed by atoms with van der Waals surface area (Å²) in [6, 6.07) is 12.8. The van der Waals surface area contributed by atoms with E-state index in [9.17, 15) is 14.7 Å². The predicted octanol–water partition coefficient (Wildman–Crippen LogP) is 4.19. The monoisotopic (exact) mass is 509 g/mol. The lowest BCUT2D eigenvalue weighted by atomic mass is 9.99. The first kappa shape index (κ1) is 24.2. The molecule has 1 N–H and O–H groups in total. The zero-order valence-electron chi connectivity index (χ0n) is 20.2. The molecular formula is C27H28ClN3O5. The molecule has 1 saturated heterocycles. The Morgan fingerprint density at radius 2 is 1.75 bits per heavy atom. The van der Waals surface area contributed by atoms with Crippen molar-refractivity contribution in [2.45, 2.75) is 31.6 Å². The summed E-state index contributed by atoms with van der Waals surface area (Å²) in [7, 11) is 3.01. The molecule has 8 nitrogen and oxygen atoms in total. The molecule has 2 aliphatic rings. The van der Waals surface area contributed by atoms with Crippen LogP contribution in [0, 0.1) is 5.92 Å². The molecule has 9 heteroatoms. The number of rotatable bonds is 7. The number of ether oxygens (including phenoxy) is 2. The quantitative estimate of drug-likeness (QED) is 0.513. The van der Waals surface area contributed by atoms with Crippen LogP contribution in [0.5, 0.6) is 17.4 Å². The molecule has 1 saturated carbocycles. The number of hydrogen-bond acceptors (Lipinski definition) is 6. The number of likely N-dealkylation sites (tertiary alicyclic amines) is 1. The molecule has 1 amide bonds. The maximum atomic E-state index is 13.9. The minimum absolute atomic E-state index is 0.118. The third-order valence-corrected chi connectivity index (χ3v) is 7.21. The summed E-state index contributed by atoms with van der Waals surface area (Å²) in [6.45, 7) is 0.897. The number of benzene rings is 2. The lowest BCUT2D eigenvalue weighted by Gasteiger charge is -2.21. The minimum Gasteiger partial charge on any atom is -0.494 e. The normalized spacial score (nSPS) is 17.3. The average molecular weight is 510 g/mol. The topological polar surface area (TPSA) is 93.9 Å². The van der Waals surface area contributed by atoms with Crippen molar-refractivity contribution in [2.75, 3.05) is 27.3 Å². The van der Waals surface area contributed by atoms with Crippen molar-refractivity contribution in [3.8, 4) is 23.1 Å². The molecule has 1 unspecified atom stereocenters. The van der Waals surface area contributed by atoms with Gasteiger partial charge in [0, 0.05) is 30.5 Å². The highest BCUT2D eigenvalue weighted by Gasteiger charge is 2.34. The van der Waals surface area contributed by atoms with Crippen molar-refractivity contribution in [3.63, 3.8) is 0 Å². The zero-order chi connectivity index (χ0) is 25.4. The van der Waals surface area contributed by atoms with Crippen LogP contribution in [0.3, 0.4) is 0 Å². The van der Waals surface area contributed by atoms with Gasteiger partial charge in [-0.25, -0.2) is 0 Å².